The zero-order chi connectivity index (χ0) is 26.1. The number of aromatic nitrogens is 5. The van der Waals surface area contributed by atoms with E-state index < -0.39 is 11.6 Å². The van der Waals surface area contributed by atoms with E-state index in [1.165, 1.54) is 6.07 Å². The first-order valence-electron chi connectivity index (χ1n) is 12.1. The Balaban J connectivity index is 1.35. The van der Waals surface area contributed by atoms with Crippen LogP contribution in [0.2, 0.25) is 0 Å². The number of halogens is 2. The lowest BCUT2D eigenvalue weighted by Crippen LogP contribution is -2.45. The van der Waals surface area contributed by atoms with Crippen molar-refractivity contribution in [3.05, 3.63) is 59.6 Å². The van der Waals surface area contributed by atoms with Crippen LogP contribution in [0.25, 0.3) is 22.2 Å². The van der Waals surface area contributed by atoms with Crippen LogP contribution in [0.1, 0.15) is 31.0 Å². The third kappa shape index (κ3) is 5.12. The summed E-state index contributed by atoms with van der Waals surface area (Å²) in [6.45, 7) is 7.80. The fourth-order valence-electron chi connectivity index (χ4n) is 4.72. The molecule has 192 valence electrons. The molecule has 1 aliphatic heterocycles. The highest BCUT2D eigenvalue weighted by molar-refractivity contribution is 5.87. The van der Waals surface area contributed by atoms with Crippen LogP contribution in [0.15, 0.2) is 36.7 Å². The highest BCUT2D eigenvalue weighted by Gasteiger charge is 2.20. The molecule has 1 amide bonds. The number of nitrogens with zero attached hydrogens (tertiary/aromatic N) is 7. The van der Waals surface area contributed by atoms with E-state index in [1.807, 2.05) is 19.9 Å². The van der Waals surface area contributed by atoms with Gasteiger partial charge in [0.15, 0.2) is 11.6 Å². The molecular formula is C26H28F2N8O. The maximum atomic E-state index is 14.9. The molecule has 0 bridgehead atoms. The van der Waals surface area contributed by atoms with Crippen molar-refractivity contribution in [3.63, 3.8) is 0 Å². The Bertz CT molecular complexity index is 1430. The Morgan fingerprint density at radius 2 is 1.84 bits per heavy atom. The number of aryl methyl sites for hydroxylation is 1. The number of fused-ring (bicyclic) bond motifs is 1. The number of benzene rings is 1. The van der Waals surface area contributed by atoms with E-state index in [4.69, 9.17) is 0 Å². The molecule has 1 N–H and O–H groups in total. The summed E-state index contributed by atoms with van der Waals surface area (Å²) in [6, 6.07) is 6.72. The lowest BCUT2D eigenvalue weighted by molar-refractivity contribution is -0.119. The minimum Gasteiger partial charge on any atom is -0.343 e. The number of hydrogen-bond donors (Lipinski definition) is 1. The number of piperazine rings is 1. The van der Waals surface area contributed by atoms with Crippen LogP contribution in [0, 0.1) is 11.6 Å². The Kier molecular flexibility index (Phi) is 6.79. The predicted octanol–water partition coefficient (Wildman–Crippen LogP) is 3.84. The van der Waals surface area contributed by atoms with Gasteiger partial charge in [-0.15, -0.1) is 0 Å². The number of carbonyl (C=O) groups excluding carboxylic acids is 1. The third-order valence-electron chi connectivity index (χ3n) is 6.53. The van der Waals surface area contributed by atoms with Gasteiger partial charge in [0.05, 0.1) is 6.20 Å². The number of nitrogens with one attached hydrogen (secondary N) is 1. The van der Waals surface area contributed by atoms with Crippen molar-refractivity contribution in [1.82, 2.24) is 34.5 Å². The van der Waals surface area contributed by atoms with Gasteiger partial charge in [-0.25, -0.2) is 23.7 Å². The molecule has 0 spiro atoms. The van der Waals surface area contributed by atoms with Crippen LogP contribution in [0.4, 0.5) is 20.5 Å². The molecule has 0 unspecified atom stereocenters. The van der Waals surface area contributed by atoms with Crippen molar-refractivity contribution in [1.29, 1.82) is 0 Å². The molecule has 4 heterocycles. The summed E-state index contributed by atoms with van der Waals surface area (Å²) >= 11 is 0. The van der Waals surface area contributed by atoms with Crippen molar-refractivity contribution in [2.45, 2.75) is 26.3 Å². The fraction of sp³-hybridized carbons (Fsp3) is 0.346. The summed E-state index contributed by atoms with van der Waals surface area (Å²) in [7, 11) is 1.77. The quantitative estimate of drug-likeness (QED) is 0.381. The number of anilines is 2. The molecule has 1 saturated heterocycles. The molecule has 1 fully saturated rings. The van der Waals surface area contributed by atoms with Crippen molar-refractivity contribution in [3.8, 4) is 11.3 Å². The molecule has 0 radical (unpaired) electrons. The van der Waals surface area contributed by atoms with Gasteiger partial charge in [-0.2, -0.15) is 5.10 Å². The largest absolute Gasteiger partial charge is 0.343 e. The summed E-state index contributed by atoms with van der Waals surface area (Å²) in [6.07, 6.45) is 3.71. The first-order chi connectivity index (χ1) is 17.8. The van der Waals surface area contributed by atoms with Crippen LogP contribution in [0.5, 0.6) is 0 Å². The summed E-state index contributed by atoms with van der Waals surface area (Å²) < 4.78 is 31.4. The van der Waals surface area contributed by atoms with Gasteiger partial charge in [-0.1, -0.05) is 19.9 Å². The molecule has 0 atom stereocenters. The minimum atomic E-state index is -0.655. The smallest absolute Gasteiger partial charge is 0.229 e. The molecule has 4 aromatic rings. The molecule has 1 aliphatic rings. The van der Waals surface area contributed by atoms with Crippen molar-refractivity contribution in [2.75, 3.05) is 31.5 Å². The Labute approximate surface area is 213 Å². The zero-order valence-electron chi connectivity index (χ0n) is 20.9. The van der Waals surface area contributed by atoms with Crippen LogP contribution in [-0.4, -0.2) is 67.1 Å². The Morgan fingerprint density at radius 1 is 1.05 bits per heavy atom. The number of rotatable bonds is 7. The van der Waals surface area contributed by atoms with Gasteiger partial charge in [0.1, 0.15) is 17.0 Å². The van der Waals surface area contributed by atoms with E-state index in [-0.39, 0.29) is 23.1 Å². The highest BCUT2D eigenvalue weighted by atomic mass is 19.1. The Morgan fingerprint density at radius 3 is 2.51 bits per heavy atom. The average molecular weight is 507 g/mol. The number of pyridine rings is 1. The van der Waals surface area contributed by atoms with Crippen LogP contribution >= 0.6 is 0 Å². The van der Waals surface area contributed by atoms with Crippen LogP contribution < -0.4 is 5.32 Å². The van der Waals surface area contributed by atoms with Gasteiger partial charge in [0, 0.05) is 62.6 Å². The number of hydrogen-bond acceptors (Lipinski definition) is 7. The van der Waals surface area contributed by atoms with Gasteiger partial charge in [0.2, 0.25) is 12.4 Å². The fourth-order valence-corrected chi connectivity index (χ4v) is 4.72. The first-order valence-corrected chi connectivity index (χ1v) is 12.1. The lowest BCUT2D eigenvalue weighted by atomic mass is 10.0. The Hall–Kier alpha value is -3.99. The van der Waals surface area contributed by atoms with E-state index >= 15 is 0 Å². The van der Waals surface area contributed by atoms with Crippen molar-refractivity contribution < 1.29 is 13.6 Å². The second-order valence-electron chi connectivity index (χ2n) is 9.50. The second kappa shape index (κ2) is 10.2. The van der Waals surface area contributed by atoms with Gasteiger partial charge < -0.3 is 10.2 Å². The molecule has 11 heteroatoms. The van der Waals surface area contributed by atoms with E-state index in [0.29, 0.717) is 16.8 Å². The summed E-state index contributed by atoms with van der Waals surface area (Å²) in [5.41, 5.74) is 2.44. The average Bonchev–Trinajstić information content (AvgIpc) is 3.23. The van der Waals surface area contributed by atoms with Crippen molar-refractivity contribution in [2.24, 2.45) is 7.05 Å². The topological polar surface area (TPSA) is 92.1 Å². The summed E-state index contributed by atoms with van der Waals surface area (Å²) in [5.74, 6) is -0.433. The van der Waals surface area contributed by atoms with E-state index in [2.05, 4.69) is 30.3 Å². The number of amides is 1. The monoisotopic (exact) mass is 506 g/mol. The molecule has 3 aromatic heterocycles. The molecule has 37 heavy (non-hydrogen) atoms. The summed E-state index contributed by atoms with van der Waals surface area (Å²) in [4.78, 5) is 27.7. The SMILES string of the molecule is CC(C)c1c2cc(-c3nc(Nc4ccc(CN5CCN(C=O)CC5)cn4)ncc3F)cc(F)c2nn1C. The molecule has 9 nitrogen and oxygen atoms in total. The second-order valence-corrected chi connectivity index (χ2v) is 9.50. The molecule has 1 aromatic carbocycles. The van der Waals surface area contributed by atoms with Gasteiger partial charge in [0.25, 0.3) is 0 Å². The molecule has 5 rings (SSSR count). The molecule has 0 aliphatic carbocycles. The molecule has 0 saturated carbocycles. The summed E-state index contributed by atoms with van der Waals surface area (Å²) in [5, 5.41) is 7.92. The van der Waals surface area contributed by atoms with Crippen LogP contribution in [0.3, 0.4) is 0 Å². The zero-order valence-corrected chi connectivity index (χ0v) is 20.9. The first kappa shape index (κ1) is 24.7. The number of carbonyl (C=O) groups is 1. The predicted molar refractivity (Wildman–Crippen MR) is 136 cm³/mol. The van der Waals surface area contributed by atoms with Gasteiger partial charge in [-0.05, 0) is 29.7 Å². The lowest BCUT2D eigenvalue weighted by Gasteiger charge is -2.32. The normalized spacial score (nSPS) is 14.5. The van der Waals surface area contributed by atoms with Crippen molar-refractivity contribution >= 4 is 29.1 Å². The van der Waals surface area contributed by atoms with Gasteiger partial charge in [-0.3, -0.25) is 14.4 Å². The maximum absolute atomic E-state index is 14.9. The van der Waals surface area contributed by atoms with Gasteiger partial charge >= 0.3 is 0 Å². The van der Waals surface area contributed by atoms with E-state index in [9.17, 15) is 13.6 Å². The highest BCUT2D eigenvalue weighted by Crippen LogP contribution is 2.32. The van der Waals surface area contributed by atoms with Crippen LogP contribution in [-0.2, 0) is 18.4 Å². The molecular weight excluding hydrogens is 478 g/mol. The third-order valence-corrected chi connectivity index (χ3v) is 6.53. The maximum Gasteiger partial charge on any atom is 0.229 e. The minimum absolute atomic E-state index is 0.0112. The standard InChI is InChI=1S/C26H28F2N8O/c1-16(2)25-19-10-18(11-20(27)24(19)33-34(25)3)23-21(28)13-30-26(32-23)31-22-5-4-17(12-29-22)14-35-6-8-36(15-37)9-7-35/h4-5,10-13,15-16H,6-9,14H2,1-3H3,(H,29,30,31,32). The van der Waals surface area contributed by atoms with E-state index in [0.717, 1.165) is 56.6 Å². The van der Waals surface area contributed by atoms with E-state index in [1.54, 1.807) is 35.0 Å².